The zero-order valence-corrected chi connectivity index (χ0v) is 20.6. The predicted octanol–water partition coefficient (Wildman–Crippen LogP) is 5.12. The monoisotopic (exact) mass is 490 g/mol. The summed E-state index contributed by atoms with van der Waals surface area (Å²) in [5, 5.41) is 4.94. The number of aryl methyl sites for hydroxylation is 2. The van der Waals surface area contributed by atoms with Gasteiger partial charge in [0.1, 0.15) is 10.5 Å². The van der Waals surface area contributed by atoms with Crippen molar-refractivity contribution >= 4 is 39.1 Å². The van der Waals surface area contributed by atoms with Gasteiger partial charge in [-0.25, -0.2) is 9.37 Å². The molecule has 6 nitrogen and oxygen atoms in total. The maximum atomic E-state index is 13.4. The molecular weight excluding hydrogens is 463 g/mol. The Morgan fingerprint density at radius 2 is 1.89 bits per heavy atom. The molecule has 1 aliphatic rings. The van der Waals surface area contributed by atoms with E-state index >= 15 is 0 Å². The fourth-order valence-corrected chi connectivity index (χ4v) is 5.53. The highest BCUT2D eigenvalue weighted by atomic mass is 32.1. The molecule has 5 rings (SSSR count). The predicted molar refractivity (Wildman–Crippen MR) is 139 cm³/mol. The Labute approximate surface area is 207 Å². The molecule has 35 heavy (non-hydrogen) atoms. The van der Waals surface area contributed by atoms with Gasteiger partial charge in [-0.2, -0.15) is 0 Å². The summed E-state index contributed by atoms with van der Waals surface area (Å²) in [5.74, 6) is -0.0152. The third kappa shape index (κ3) is 4.98. The molecule has 2 aromatic heterocycles. The summed E-state index contributed by atoms with van der Waals surface area (Å²) in [5.41, 5.74) is 4.36. The molecule has 0 unspecified atom stereocenters. The highest BCUT2D eigenvalue weighted by Gasteiger charge is 2.29. The van der Waals surface area contributed by atoms with Crippen LogP contribution in [-0.2, 0) is 11.3 Å². The molecule has 0 bridgehead atoms. The quantitative estimate of drug-likeness (QED) is 0.422. The number of hydrogen-bond donors (Lipinski definition) is 1. The first-order valence-electron chi connectivity index (χ1n) is 11.7. The normalized spacial score (nSPS) is 16.0. The lowest BCUT2D eigenvalue weighted by Gasteiger charge is -2.34. The summed E-state index contributed by atoms with van der Waals surface area (Å²) in [7, 11) is 0. The van der Waals surface area contributed by atoms with Crippen LogP contribution in [0.4, 0.5) is 16.0 Å². The number of amides is 1. The Morgan fingerprint density at radius 1 is 1.14 bits per heavy atom. The molecule has 1 amide bonds. The minimum Gasteiger partial charge on any atom is -0.341 e. The van der Waals surface area contributed by atoms with E-state index in [1.807, 2.05) is 42.3 Å². The Bertz CT molecular complexity index is 1420. The number of aromatic nitrogens is 2. The highest BCUT2D eigenvalue weighted by molar-refractivity contribution is 7.17. The second-order valence-electron chi connectivity index (χ2n) is 9.22. The number of carbonyl (C=O) groups excluding carboxylic acids is 1. The second kappa shape index (κ2) is 9.62. The lowest BCUT2D eigenvalue weighted by atomic mass is 9.97. The number of rotatable bonds is 5. The number of benzene rings is 2. The van der Waals surface area contributed by atoms with Crippen molar-refractivity contribution in [2.45, 2.75) is 33.2 Å². The second-order valence-corrected chi connectivity index (χ2v) is 10.1. The van der Waals surface area contributed by atoms with Crippen LogP contribution < -0.4 is 15.8 Å². The van der Waals surface area contributed by atoms with Gasteiger partial charge in [0.2, 0.25) is 11.9 Å². The van der Waals surface area contributed by atoms with E-state index in [9.17, 15) is 14.0 Å². The first kappa shape index (κ1) is 23.2. The number of fused-ring (bicyclic) bond motifs is 1. The zero-order valence-electron chi connectivity index (χ0n) is 19.8. The molecule has 0 aliphatic carbocycles. The molecule has 4 aromatic rings. The maximum absolute atomic E-state index is 13.4. The SMILES string of the molecule is Cc1cc(C)cc(NC(=O)[C@@H]2CCCN(c3nc4ccsc4c(=O)n3Cc3ccc(F)cc3)C2)c1. The molecule has 180 valence electrons. The molecular formula is C27H27FN4O2S. The number of thiophene rings is 1. The van der Waals surface area contributed by atoms with E-state index in [0.717, 1.165) is 35.2 Å². The minimum atomic E-state index is -0.318. The average Bonchev–Trinajstić information content (AvgIpc) is 3.30. The van der Waals surface area contributed by atoms with Gasteiger partial charge < -0.3 is 10.2 Å². The average molecular weight is 491 g/mol. The van der Waals surface area contributed by atoms with Crippen molar-refractivity contribution in [2.75, 3.05) is 23.3 Å². The standard InChI is InChI=1S/C27H27FN4O2S/c1-17-12-18(2)14-22(13-17)29-25(33)20-4-3-10-31(16-20)27-30-23-9-11-35-24(23)26(34)32(27)15-19-5-7-21(28)8-6-19/h5-9,11-14,20H,3-4,10,15-16H2,1-2H3,(H,29,33)/t20-/m1/s1. The topological polar surface area (TPSA) is 67.2 Å². The van der Waals surface area contributed by atoms with E-state index in [0.29, 0.717) is 29.3 Å². The van der Waals surface area contributed by atoms with Crippen LogP contribution in [0.15, 0.2) is 58.7 Å². The summed E-state index contributed by atoms with van der Waals surface area (Å²) in [4.78, 5) is 33.4. The molecule has 1 aliphatic heterocycles. The number of anilines is 2. The van der Waals surface area contributed by atoms with Gasteiger partial charge in [-0.05, 0) is 79.1 Å². The van der Waals surface area contributed by atoms with Crippen LogP contribution in [0.2, 0.25) is 0 Å². The highest BCUT2D eigenvalue weighted by Crippen LogP contribution is 2.26. The summed E-state index contributed by atoms with van der Waals surface area (Å²) < 4.78 is 15.7. The number of halogens is 1. The Balaban J connectivity index is 1.44. The number of hydrogen-bond acceptors (Lipinski definition) is 5. The van der Waals surface area contributed by atoms with Gasteiger partial charge in [0.25, 0.3) is 5.56 Å². The van der Waals surface area contributed by atoms with Crippen molar-refractivity contribution in [2.24, 2.45) is 5.92 Å². The van der Waals surface area contributed by atoms with E-state index in [1.165, 1.54) is 23.5 Å². The summed E-state index contributed by atoms with van der Waals surface area (Å²) in [6, 6.07) is 14.0. The lowest BCUT2D eigenvalue weighted by Crippen LogP contribution is -2.43. The van der Waals surface area contributed by atoms with E-state index in [4.69, 9.17) is 4.98 Å². The number of carbonyl (C=O) groups is 1. The van der Waals surface area contributed by atoms with E-state index in [1.54, 1.807) is 16.7 Å². The molecule has 0 spiro atoms. The number of piperidine rings is 1. The van der Waals surface area contributed by atoms with Crippen molar-refractivity contribution in [3.05, 3.63) is 86.8 Å². The van der Waals surface area contributed by atoms with Gasteiger partial charge in [-0.1, -0.05) is 18.2 Å². The Hall–Kier alpha value is -3.52. The zero-order chi connectivity index (χ0) is 24.5. The van der Waals surface area contributed by atoms with Crippen LogP contribution in [0.5, 0.6) is 0 Å². The fraction of sp³-hybridized carbons (Fsp3) is 0.296. The molecule has 3 heterocycles. The Kier molecular flexibility index (Phi) is 6.38. The van der Waals surface area contributed by atoms with Crippen molar-refractivity contribution in [3.8, 4) is 0 Å². The smallest absolute Gasteiger partial charge is 0.273 e. The molecule has 1 atom stereocenters. The van der Waals surface area contributed by atoms with Crippen LogP contribution in [0.25, 0.3) is 10.2 Å². The van der Waals surface area contributed by atoms with Crippen LogP contribution in [0, 0.1) is 25.6 Å². The van der Waals surface area contributed by atoms with Gasteiger partial charge in [-0.15, -0.1) is 11.3 Å². The lowest BCUT2D eigenvalue weighted by molar-refractivity contribution is -0.120. The Morgan fingerprint density at radius 3 is 2.63 bits per heavy atom. The van der Waals surface area contributed by atoms with Crippen LogP contribution >= 0.6 is 11.3 Å². The van der Waals surface area contributed by atoms with Gasteiger partial charge in [0, 0.05) is 18.8 Å². The van der Waals surface area contributed by atoms with E-state index in [-0.39, 0.29) is 29.7 Å². The van der Waals surface area contributed by atoms with Gasteiger partial charge in [-0.3, -0.25) is 14.2 Å². The molecule has 0 saturated carbocycles. The summed E-state index contributed by atoms with van der Waals surface area (Å²) in [6.45, 7) is 5.49. The fourth-order valence-electron chi connectivity index (χ4n) is 4.75. The largest absolute Gasteiger partial charge is 0.341 e. The molecule has 2 aromatic carbocycles. The molecule has 1 fully saturated rings. The van der Waals surface area contributed by atoms with Crippen molar-refractivity contribution in [1.82, 2.24) is 9.55 Å². The molecule has 8 heteroatoms. The first-order chi connectivity index (χ1) is 16.9. The van der Waals surface area contributed by atoms with Crippen LogP contribution in [-0.4, -0.2) is 28.5 Å². The van der Waals surface area contributed by atoms with E-state index < -0.39 is 0 Å². The third-order valence-electron chi connectivity index (χ3n) is 6.36. The van der Waals surface area contributed by atoms with E-state index in [2.05, 4.69) is 11.4 Å². The number of nitrogens with zero attached hydrogens (tertiary/aromatic N) is 3. The third-order valence-corrected chi connectivity index (χ3v) is 7.26. The van der Waals surface area contributed by atoms with Crippen LogP contribution in [0.3, 0.4) is 0 Å². The molecule has 0 radical (unpaired) electrons. The summed E-state index contributed by atoms with van der Waals surface area (Å²) in [6.07, 6.45) is 1.59. The van der Waals surface area contributed by atoms with Crippen molar-refractivity contribution in [3.63, 3.8) is 0 Å². The van der Waals surface area contributed by atoms with Crippen molar-refractivity contribution in [1.29, 1.82) is 0 Å². The molecule has 1 N–H and O–H groups in total. The minimum absolute atomic E-state index is 0.0243. The van der Waals surface area contributed by atoms with Crippen molar-refractivity contribution < 1.29 is 9.18 Å². The van der Waals surface area contributed by atoms with Crippen LogP contribution in [0.1, 0.15) is 29.5 Å². The number of nitrogens with one attached hydrogen (secondary N) is 1. The first-order valence-corrected chi connectivity index (χ1v) is 12.6. The maximum Gasteiger partial charge on any atom is 0.273 e. The van der Waals surface area contributed by atoms with Gasteiger partial charge in [0.15, 0.2) is 0 Å². The molecule has 1 saturated heterocycles. The summed E-state index contributed by atoms with van der Waals surface area (Å²) >= 11 is 1.37. The van der Waals surface area contributed by atoms with Gasteiger partial charge >= 0.3 is 0 Å². The van der Waals surface area contributed by atoms with Gasteiger partial charge in [0.05, 0.1) is 18.0 Å².